The number of carbonyl (C=O) groups excluding carboxylic acids is 2. The van der Waals surface area contributed by atoms with Crippen molar-refractivity contribution < 1.29 is 9.59 Å². The number of hydrogen-bond acceptors (Lipinski definition) is 4. The van der Waals surface area contributed by atoms with Gasteiger partial charge in [0.05, 0.1) is 0 Å². The average Bonchev–Trinajstić information content (AvgIpc) is 2.06. The number of nitrogens with zero attached hydrogens (tertiary/aromatic N) is 2. The van der Waals surface area contributed by atoms with Crippen LogP contribution in [0.15, 0.2) is 0 Å². The molecule has 1 aliphatic heterocycles. The number of thiol groups is 2. The molecule has 0 saturated carbocycles. The Bertz CT molecular complexity index is 229. The molecule has 0 aromatic rings. The third-order valence-electron chi connectivity index (χ3n) is 1.61. The molecule has 0 radical (unpaired) electrons. The lowest BCUT2D eigenvalue weighted by molar-refractivity contribution is -0.127. The maximum atomic E-state index is 11.2. The van der Waals surface area contributed by atoms with Gasteiger partial charge in [-0.25, -0.2) is 9.10 Å². The van der Waals surface area contributed by atoms with Crippen LogP contribution in [0.4, 0.5) is 4.79 Å². The van der Waals surface area contributed by atoms with Gasteiger partial charge in [-0.2, -0.15) is 0 Å². The Morgan fingerprint density at radius 1 is 1.27 bits per heavy atom. The zero-order valence-corrected chi connectivity index (χ0v) is 7.89. The van der Waals surface area contributed by atoms with Gasteiger partial charge in [0.2, 0.25) is 0 Å². The normalized spacial score (nSPS) is 23.3. The van der Waals surface area contributed by atoms with E-state index in [1.54, 1.807) is 13.8 Å². The number of imide groups is 1. The number of hydrogen-bond donors (Lipinski definition) is 2. The van der Waals surface area contributed by atoms with E-state index in [0.717, 1.165) is 8.61 Å². The van der Waals surface area contributed by atoms with Crippen LogP contribution in [0.1, 0.15) is 13.8 Å². The maximum Gasteiger partial charge on any atom is 0.347 e. The van der Waals surface area contributed by atoms with E-state index in [0.29, 0.717) is 0 Å². The summed E-state index contributed by atoms with van der Waals surface area (Å²) < 4.78 is 1.81. The highest BCUT2D eigenvalue weighted by Crippen LogP contribution is 2.29. The summed E-state index contributed by atoms with van der Waals surface area (Å²) in [7, 11) is 0. The summed E-state index contributed by atoms with van der Waals surface area (Å²) in [6, 6.07) is -0.508. The Labute approximate surface area is 75.6 Å². The number of amides is 3. The van der Waals surface area contributed by atoms with Gasteiger partial charge in [0, 0.05) is 0 Å². The first-order chi connectivity index (χ1) is 4.89. The summed E-state index contributed by atoms with van der Waals surface area (Å²) in [4.78, 5) is 22.2. The quantitative estimate of drug-likeness (QED) is 0.438. The zero-order chi connectivity index (χ0) is 8.81. The highest BCUT2D eigenvalue weighted by Gasteiger charge is 2.49. The Morgan fingerprint density at radius 2 is 1.73 bits per heavy atom. The van der Waals surface area contributed by atoms with Crippen LogP contribution in [-0.4, -0.2) is 26.1 Å². The highest BCUT2D eigenvalue weighted by molar-refractivity contribution is 7.80. The van der Waals surface area contributed by atoms with Crippen molar-refractivity contribution in [3.63, 3.8) is 0 Å². The summed E-state index contributed by atoms with van der Waals surface area (Å²) in [5.41, 5.74) is -0.887. The lowest BCUT2D eigenvalue weighted by Crippen LogP contribution is -2.38. The van der Waals surface area contributed by atoms with Gasteiger partial charge in [-0.15, -0.1) is 0 Å². The number of rotatable bonds is 0. The topological polar surface area (TPSA) is 40.6 Å². The first-order valence-corrected chi connectivity index (χ1v) is 3.75. The molecule has 6 heteroatoms. The smallest absolute Gasteiger partial charge is 0.271 e. The lowest BCUT2D eigenvalue weighted by atomic mass is 10.1. The predicted octanol–water partition coefficient (Wildman–Crippen LogP) is 0.719. The summed E-state index contributed by atoms with van der Waals surface area (Å²) in [6.45, 7) is 3.22. The molecule has 0 aromatic carbocycles. The van der Waals surface area contributed by atoms with Crippen LogP contribution in [0.5, 0.6) is 0 Å². The van der Waals surface area contributed by atoms with Gasteiger partial charge in [-0.05, 0) is 13.8 Å². The number of urea groups is 1. The van der Waals surface area contributed by atoms with E-state index in [4.69, 9.17) is 0 Å². The fourth-order valence-electron chi connectivity index (χ4n) is 0.765. The Morgan fingerprint density at radius 3 is 1.82 bits per heavy atom. The standard InChI is InChI=1S/C5H8N2O2S2/c1-5(2)3(8)6(10)4(9)7(5)11/h10-11H,1-2H3. The van der Waals surface area contributed by atoms with Crippen molar-refractivity contribution in [3.05, 3.63) is 0 Å². The van der Waals surface area contributed by atoms with E-state index in [-0.39, 0.29) is 5.91 Å². The van der Waals surface area contributed by atoms with Gasteiger partial charge in [0.15, 0.2) is 0 Å². The van der Waals surface area contributed by atoms with Gasteiger partial charge in [-0.3, -0.25) is 9.10 Å². The van der Waals surface area contributed by atoms with Gasteiger partial charge in [-0.1, -0.05) is 25.6 Å². The summed E-state index contributed by atoms with van der Waals surface area (Å²) >= 11 is 7.56. The molecule has 1 aliphatic rings. The maximum absolute atomic E-state index is 11.2. The average molecular weight is 192 g/mol. The van der Waals surface area contributed by atoms with E-state index in [1.807, 2.05) is 0 Å². The molecule has 11 heavy (non-hydrogen) atoms. The second-order valence-corrected chi connectivity index (χ2v) is 3.57. The molecule has 0 unspecified atom stereocenters. The van der Waals surface area contributed by atoms with Gasteiger partial charge < -0.3 is 0 Å². The van der Waals surface area contributed by atoms with Crippen LogP contribution in [0.25, 0.3) is 0 Å². The molecule has 0 N–H and O–H groups in total. The second kappa shape index (κ2) is 2.31. The first kappa shape index (κ1) is 8.73. The molecule has 0 aromatic heterocycles. The van der Waals surface area contributed by atoms with Crippen LogP contribution in [0.3, 0.4) is 0 Å². The van der Waals surface area contributed by atoms with Crippen molar-refractivity contribution in [2.45, 2.75) is 19.4 Å². The molecule has 62 valence electrons. The van der Waals surface area contributed by atoms with Gasteiger partial charge in [0.25, 0.3) is 5.91 Å². The van der Waals surface area contributed by atoms with Crippen LogP contribution in [0, 0.1) is 0 Å². The Balaban J connectivity index is 3.06. The van der Waals surface area contributed by atoms with Crippen LogP contribution in [-0.2, 0) is 4.79 Å². The van der Waals surface area contributed by atoms with E-state index in [9.17, 15) is 9.59 Å². The van der Waals surface area contributed by atoms with Crippen LogP contribution in [0.2, 0.25) is 0 Å². The second-order valence-electron chi connectivity index (χ2n) is 2.77. The molecule has 1 saturated heterocycles. The molecule has 1 rings (SSSR count). The minimum atomic E-state index is -0.887. The van der Waals surface area contributed by atoms with Crippen LogP contribution < -0.4 is 0 Å². The van der Waals surface area contributed by atoms with Crippen LogP contribution >= 0.6 is 25.6 Å². The summed E-state index contributed by atoms with van der Waals surface area (Å²) in [6.07, 6.45) is 0. The molecule has 1 fully saturated rings. The fraction of sp³-hybridized carbons (Fsp3) is 0.600. The molecule has 1 heterocycles. The van der Waals surface area contributed by atoms with Crippen molar-refractivity contribution in [2.24, 2.45) is 0 Å². The third-order valence-corrected chi connectivity index (χ3v) is 2.63. The Hall–Kier alpha value is -0.360. The molecular weight excluding hydrogens is 184 g/mol. The van der Waals surface area contributed by atoms with Crippen molar-refractivity contribution in [2.75, 3.05) is 0 Å². The van der Waals surface area contributed by atoms with Crippen molar-refractivity contribution in [3.8, 4) is 0 Å². The minimum absolute atomic E-state index is 0.360. The van der Waals surface area contributed by atoms with Crippen molar-refractivity contribution >= 4 is 37.6 Å². The summed E-state index contributed by atoms with van der Waals surface area (Å²) in [5.74, 6) is -0.360. The molecule has 3 amide bonds. The lowest BCUT2D eigenvalue weighted by Gasteiger charge is -2.20. The predicted molar refractivity (Wildman–Crippen MR) is 46.1 cm³/mol. The number of carbonyl (C=O) groups is 2. The SMILES string of the molecule is CC1(C)C(=O)N(S)C(=O)N1S. The Kier molecular flexibility index (Phi) is 1.84. The zero-order valence-electron chi connectivity index (χ0n) is 6.11. The van der Waals surface area contributed by atoms with Crippen molar-refractivity contribution in [1.29, 1.82) is 0 Å². The van der Waals surface area contributed by atoms with Crippen molar-refractivity contribution in [1.82, 2.24) is 8.61 Å². The molecule has 0 aliphatic carbocycles. The third kappa shape index (κ3) is 1.01. The van der Waals surface area contributed by atoms with Gasteiger partial charge in [0.1, 0.15) is 5.54 Å². The van der Waals surface area contributed by atoms with Gasteiger partial charge >= 0.3 is 6.03 Å². The van der Waals surface area contributed by atoms with E-state index in [1.165, 1.54) is 0 Å². The molecule has 0 bridgehead atoms. The molecule has 0 spiro atoms. The summed E-state index contributed by atoms with van der Waals surface area (Å²) in [5, 5.41) is 0. The molecule has 4 nitrogen and oxygen atoms in total. The van der Waals surface area contributed by atoms with E-state index in [2.05, 4.69) is 25.6 Å². The molecular formula is C5H8N2O2S2. The fourth-order valence-corrected chi connectivity index (χ4v) is 1.35. The first-order valence-electron chi connectivity index (χ1n) is 2.95. The molecule has 0 atom stereocenters. The minimum Gasteiger partial charge on any atom is -0.271 e. The monoisotopic (exact) mass is 192 g/mol. The largest absolute Gasteiger partial charge is 0.347 e. The van der Waals surface area contributed by atoms with E-state index < -0.39 is 11.6 Å². The van der Waals surface area contributed by atoms with E-state index >= 15 is 0 Å². The highest BCUT2D eigenvalue weighted by atomic mass is 32.1.